The Morgan fingerprint density at radius 2 is 1.85 bits per heavy atom. The van der Waals surface area contributed by atoms with E-state index >= 15 is 0 Å². The van der Waals surface area contributed by atoms with E-state index in [1.54, 1.807) is 11.8 Å². The smallest absolute Gasteiger partial charge is 0.223 e. The average molecular weight is 312 g/mol. The van der Waals surface area contributed by atoms with Crippen LogP contribution in [-0.4, -0.2) is 29.6 Å². The maximum atomic E-state index is 12.2. The quantitative estimate of drug-likeness (QED) is 0.772. The minimum absolute atomic E-state index is 0.296. The molecule has 1 aliphatic heterocycles. The minimum Gasteiger partial charge on any atom is -0.342 e. The monoisotopic (exact) mass is 311 g/mol. The molecule has 1 fully saturated rings. The molecule has 0 aliphatic carbocycles. The molecule has 1 aliphatic rings. The SMILES string of the molecule is CC1CC(C)CN(C(=O)CCSc2ccc(Cl)cc2)C1. The molecular formula is C16H22ClNOS. The van der Waals surface area contributed by atoms with Crippen molar-refractivity contribution in [2.24, 2.45) is 11.8 Å². The van der Waals surface area contributed by atoms with Crippen molar-refractivity contribution in [1.29, 1.82) is 0 Å². The van der Waals surface area contributed by atoms with Crippen LogP contribution in [-0.2, 0) is 4.79 Å². The number of piperidine rings is 1. The summed E-state index contributed by atoms with van der Waals surface area (Å²) >= 11 is 7.57. The number of benzene rings is 1. The Kier molecular flexibility index (Phi) is 5.79. The van der Waals surface area contributed by atoms with E-state index in [1.165, 1.54) is 11.3 Å². The molecule has 0 N–H and O–H groups in total. The van der Waals surface area contributed by atoms with Crippen LogP contribution in [0.25, 0.3) is 0 Å². The highest BCUT2D eigenvalue weighted by Crippen LogP contribution is 2.24. The number of nitrogens with zero attached hydrogens (tertiary/aromatic N) is 1. The van der Waals surface area contributed by atoms with Crippen molar-refractivity contribution in [2.75, 3.05) is 18.8 Å². The molecule has 1 amide bonds. The molecule has 1 aromatic carbocycles. The third kappa shape index (κ3) is 4.71. The van der Waals surface area contributed by atoms with Crippen LogP contribution in [0.3, 0.4) is 0 Å². The molecule has 1 aromatic rings. The summed E-state index contributed by atoms with van der Waals surface area (Å²) < 4.78 is 0. The molecule has 2 atom stereocenters. The second-order valence-electron chi connectivity index (χ2n) is 5.80. The predicted octanol–water partition coefficient (Wildman–Crippen LogP) is 4.33. The van der Waals surface area contributed by atoms with Crippen LogP contribution in [0.4, 0.5) is 0 Å². The van der Waals surface area contributed by atoms with Gasteiger partial charge >= 0.3 is 0 Å². The fraction of sp³-hybridized carbons (Fsp3) is 0.562. The van der Waals surface area contributed by atoms with Crippen molar-refractivity contribution in [1.82, 2.24) is 4.90 Å². The van der Waals surface area contributed by atoms with Crippen LogP contribution in [0.2, 0.25) is 5.02 Å². The molecule has 0 spiro atoms. The molecule has 0 saturated carbocycles. The Hall–Kier alpha value is -0.670. The Morgan fingerprint density at radius 3 is 2.45 bits per heavy atom. The lowest BCUT2D eigenvalue weighted by atomic mass is 9.92. The van der Waals surface area contributed by atoms with Gasteiger partial charge in [-0.05, 0) is 42.5 Å². The van der Waals surface area contributed by atoms with E-state index in [0.29, 0.717) is 24.2 Å². The summed E-state index contributed by atoms with van der Waals surface area (Å²) in [6.07, 6.45) is 1.86. The standard InChI is InChI=1S/C16H22ClNOS/c1-12-9-13(2)11-18(10-12)16(19)7-8-20-15-5-3-14(17)4-6-15/h3-6,12-13H,7-11H2,1-2H3. The summed E-state index contributed by atoms with van der Waals surface area (Å²) in [7, 11) is 0. The Balaban J connectivity index is 1.76. The van der Waals surface area contributed by atoms with E-state index in [9.17, 15) is 4.79 Å². The molecule has 1 heterocycles. The molecule has 4 heteroatoms. The Bertz CT molecular complexity index is 438. The number of thioether (sulfide) groups is 1. The van der Waals surface area contributed by atoms with Gasteiger partial charge in [0.25, 0.3) is 0 Å². The van der Waals surface area contributed by atoms with E-state index in [4.69, 9.17) is 11.6 Å². The normalized spacial score (nSPS) is 22.9. The van der Waals surface area contributed by atoms with Gasteiger partial charge in [0.1, 0.15) is 0 Å². The zero-order valence-corrected chi connectivity index (χ0v) is 13.7. The first-order valence-corrected chi connectivity index (χ1v) is 8.57. The van der Waals surface area contributed by atoms with Crippen LogP contribution in [0.15, 0.2) is 29.2 Å². The summed E-state index contributed by atoms with van der Waals surface area (Å²) in [4.78, 5) is 15.4. The molecular weight excluding hydrogens is 290 g/mol. The maximum Gasteiger partial charge on any atom is 0.223 e. The zero-order valence-electron chi connectivity index (χ0n) is 12.1. The molecule has 0 aromatic heterocycles. The van der Waals surface area contributed by atoms with Gasteiger partial charge in [-0.1, -0.05) is 25.4 Å². The number of carbonyl (C=O) groups excluding carboxylic acids is 1. The molecule has 2 unspecified atom stereocenters. The first-order chi connectivity index (χ1) is 9.54. The van der Waals surface area contributed by atoms with Gasteiger partial charge in [-0.25, -0.2) is 0 Å². The fourth-order valence-corrected chi connectivity index (χ4v) is 3.78. The van der Waals surface area contributed by atoms with Crippen molar-refractivity contribution >= 4 is 29.3 Å². The highest BCUT2D eigenvalue weighted by Gasteiger charge is 2.24. The lowest BCUT2D eigenvalue weighted by molar-refractivity contribution is -0.133. The number of hydrogen-bond donors (Lipinski definition) is 0. The molecule has 2 rings (SSSR count). The summed E-state index contributed by atoms with van der Waals surface area (Å²) in [6, 6.07) is 7.78. The van der Waals surface area contributed by atoms with Crippen molar-refractivity contribution in [3.05, 3.63) is 29.3 Å². The number of hydrogen-bond acceptors (Lipinski definition) is 2. The van der Waals surface area contributed by atoms with Gasteiger partial charge in [0.2, 0.25) is 5.91 Å². The average Bonchev–Trinajstić information content (AvgIpc) is 2.40. The molecule has 20 heavy (non-hydrogen) atoms. The summed E-state index contributed by atoms with van der Waals surface area (Å²) in [5.41, 5.74) is 0. The highest BCUT2D eigenvalue weighted by molar-refractivity contribution is 7.99. The second-order valence-corrected chi connectivity index (χ2v) is 7.40. The molecule has 2 nitrogen and oxygen atoms in total. The molecule has 0 radical (unpaired) electrons. The van der Waals surface area contributed by atoms with Gasteiger partial charge in [-0.15, -0.1) is 11.8 Å². The Labute approximate surface area is 130 Å². The zero-order chi connectivity index (χ0) is 14.5. The first-order valence-electron chi connectivity index (χ1n) is 7.20. The minimum atomic E-state index is 0.296. The molecule has 110 valence electrons. The number of amides is 1. The van der Waals surface area contributed by atoms with Crippen LogP contribution < -0.4 is 0 Å². The van der Waals surface area contributed by atoms with Gasteiger partial charge in [0.15, 0.2) is 0 Å². The van der Waals surface area contributed by atoms with Crippen molar-refractivity contribution in [3.63, 3.8) is 0 Å². The Morgan fingerprint density at radius 1 is 1.25 bits per heavy atom. The van der Waals surface area contributed by atoms with Gasteiger partial charge < -0.3 is 4.90 Å². The first kappa shape index (κ1) is 15.7. The van der Waals surface area contributed by atoms with Gasteiger partial charge in [0.05, 0.1) is 0 Å². The lowest BCUT2D eigenvalue weighted by Crippen LogP contribution is -2.42. The number of rotatable bonds is 4. The van der Waals surface area contributed by atoms with Crippen LogP contribution in [0.1, 0.15) is 26.7 Å². The second kappa shape index (κ2) is 7.37. The summed E-state index contributed by atoms with van der Waals surface area (Å²) in [5, 5.41) is 0.752. The van der Waals surface area contributed by atoms with E-state index in [2.05, 4.69) is 13.8 Å². The van der Waals surface area contributed by atoms with Gasteiger partial charge in [0, 0.05) is 35.2 Å². The van der Waals surface area contributed by atoms with Crippen molar-refractivity contribution in [2.45, 2.75) is 31.6 Å². The number of likely N-dealkylation sites (tertiary alicyclic amines) is 1. The summed E-state index contributed by atoms with van der Waals surface area (Å²) in [5.74, 6) is 2.39. The summed E-state index contributed by atoms with van der Waals surface area (Å²) in [6.45, 7) is 6.32. The molecule has 0 bridgehead atoms. The van der Waals surface area contributed by atoms with Gasteiger partial charge in [-0.2, -0.15) is 0 Å². The van der Waals surface area contributed by atoms with Crippen LogP contribution in [0, 0.1) is 11.8 Å². The van der Waals surface area contributed by atoms with E-state index < -0.39 is 0 Å². The number of halogens is 1. The van der Waals surface area contributed by atoms with Crippen LogP contribution >= 0.6 is 23.4 Å². The van der Waals surface area contributed by atoms with Gasteiger partial charge in [-0.3, -0.25) is 4.79 Å². The van der Waals surface area contributed by atoms with Crippen molar-refractivity contribution < 1.29 is 4.79 Å². The fourth-order valence-electron chi connectivity index (χ4n) is 2.81. The number of carbonyl (C=O) groups is 1. The van der Waals surface area contributed by atoms with E-state index in [0.717, 1.165) is 23.9 Å². The van der Waals surface area contributed by atoms with Crippen LogP contribution in [0.5, 0.6) is 0 Å². The lowest BCUT2D eigenvalue weighted by Gasteiger charge is -2.35. The maximum absolute atomic E-state index is 12.2. The third-order valence-corrected chi connectivity index (χ3v) is 4.89. The highest BCUT2D eigenvalue weighted by atomic mass is 35.5. The largest absolute Gasteiger partial charge is 0.342 e. The predicted molar refractivity (Wildman–Crippen MR) is 86.3 cm³/mol. The topological polar surface area (TPSA) is 20.3 Å². The third-order valence-electron chi connectivity index (χ3n) is 3.62. The van der Waals surface area contributed by atoms with E-state index in [1.807, 2.05) is 29.2 Å². The van der Waals surface area contributed by atoms with E-state index in [-0.39, 0.29) is 0 Å². The molecule has 1 saturated heterocycles. The van der Waals surface area contributed by atoms with Crippen molar-refractivity contribution in [3.8, 4) is 0 Å².